The molecule has 0 aliphatic rings. The van der Waals surface area contributed by atoms with E-state index in [2.05, 4.69) is 10.3 Å². The van der Waals surface area contributed by atoms with Gasteiger partial charge in [0.1, 0.15) is 5.82 Å². The van der Waals surface area contributed by atoms with Crippen molar-refractivity contribution in [1.82, 2.24) is 4.98 Å². The molecule has 108 valence electrons. The van der Waals surface area contributed by atoms with Gasteiger partial charge in [0, 0.05) is 22.8 Å². The van der Waals surface area contributed by atoms with E-state index in [0.29, 0.717) is 16.6 Å². The molecule has 0 fully saturated rings. The lowest BCUT2D eigenvalue weighted by Gasteiger charge is -2.04. The van der Waals surface area contributed by atoms with Crippen molar-refractivity contribution < 1.29 is 9.18 Å². The SMILES string of the molecule is N#Cc1ccc(NC(=O)Cc2c[nH]c3ccc(F)cc23)cc1. The average Bonchev–Trinajstić information content (AvgIpc) is 2.90. The quantitative estimate of drug-likeness (QED) is 0.777. The van der Waals surface area contributed by atoms with Crippen molar-refractivity contribution in [1.29, 1.82) is 5.26 Å². The summed E-state index contributed by atoms with van der Waals surface area (Å²) in [4.78, 5) is 15.1. The van der Waals surface area contributed by atoms with Gasteiger partial charge in [-0.2, -0.15) is 5.26 Å². The summed E-state index contributed by atoms with van der Waals surface area (Å²) in [7, 11) is 0. The van der Waals surface area contributed by atoms with Crippen LogP contribution < -0.4 is 5.32 Å². The number of benzene rings is 2. The number of aromatic amines is 1. The van der Waals surface area contributed by atoms with Gasteiger partial charge in [-0.1, -0.05) is 0 Å². The van der Waals surface area contributed by atoms with Gasteiger partial charge in [-0.25, -0.2) is 4.39 Å². The number of nitriles is 1. The topological polar surface area (TPSA) is 68.7 Å². The first-order valence-corrected chi connectivity index (χ1v) is 6.71. The first kappa shape index (κ1) is 13.8. The third kappa shape index (κ3) is 2.81. The maximum Gasteiger partial charge on any atom is 0.228 e. The molecule has 22 heavy (non-hydrogen) atoms. The van der Waals surface area contributed by atoms with Crippen LogP contribution in [0.5, 0.6) is 0 Å². The molecule has 0 aliphatic carbocycles. The van der Waals surface area contributed by atoms with E-state index in [1.807, 2.05) is 6.07 Å². The Morgan fingerprint density at radius 2 is 2.00 bits per heavy atom. The molecule has 0 aliphatic heterocycles. The third-order valence-corrected chi connectivity index (χ3v) is 3.38. The molecule has 0 atom stereocenters. The monoisotopic (exact) mass is 293 g/mol. The molecule has 2 N–H and O–H groups in total. The molecule has 0 bridgehead atoms. The van der Waals surface area contributed by atoms with Gasteiger partial charge in [0.2, 0.25) is 5.91 Å². The van der Waals surface area contributed by atoms with E-state index in [0.717, 1.165) is 11.1 Å². The minimum absolute atomic E-state index is 0.142. The second-order valence-electron chi connectivity index (χ2n) is 4.92. The number of H-pyrrole nitrogens is 1. The highest BCUT2D eigenvalue weighted by Crippen LogP contribution is 2.20. The van der Waals surface area contributed by atoms with Crippen LogP contribution in [0.2, 0.25) is 0 Å². The van der Waals surface area contributed by atoms with Crippen LogP contribution in [0.15, 0.2) is 48.7 Å². The molecule has 3 rings (SSSR count). The summed E-state index contributed by atoms with van der Waals surface area (Å²) < 4.78 is 13.3. The van der Waals surface area contributed by atoms with Gasteiger partial charge in [-0.15, -0.1) is 0 Å². The average molecular weight is 293 g/mol. The van der Waals surface area contributed by atoms with Crippen molar-refractivity contribution in [2.75, 3.05) is 5.32 Å². The van der Waals surface area contributed by atoms with Gasteiger partial charge in [0.25, 0.3) is 0 Å². The Kier molecular flexibility index (Phi) is 3.58. The number of hydrogen-bond donors (Lipinski definition) is 2. The van der Waals surface area contributed by atoms with Crippen molar-refractivity contribution in [3.8, 4) is 6.07 Å². The van der Waals surface area contributed by atoms with Crippen molar-refractivity contribution in [2.24, 2.45) is 0 Å². The van der Waals surface area contributed by atoms with E-state index < -0.39 is 0 Å². The number of rotatable bonds is 3. The molecule has 5 heteroatoms. The Balaban J connectivity index is 1.75. The standard InChI is InChI=1S/C17H12FN3O/c18-13-3-6-16-15(8-13)12(10-20-16)7-17(22)21-14-4-1-11(9-19)2-5-14/h1-6,8,10,20H,7H2,(H,21,22). The first-order valence-electron chi connectivity index (χ1n) is 6.71. The molecular weight excluding hydrogens is 281 g/mol. The zero-order valence-corrected chi connectivity index (χ0v) is 11.6. The second kappa shape index (κ2) is 5.70. The van der Waals surface area contributed by atoms with Crippen LogP contribution in [0.1, 0.15) is 11.1 Å². The van der Waals surface area contributed by atoms with Crippen molar-refractivity contribution in [2.45, 2.75) is 6.42 Å². The fourth-order valence-corrected chi connectivity index (χ4v) is 2.30. The number of carbonyl (C=O) groups is 1. The van der Waals surface area contributed by atoms with Gasteiger partial charge in [-0.05, 0) is 48.0 Å². The maximum atomic E-state index is 13.3. The summed E-state index contributed by atoms with van der Waals surface area (Å²) in [6.45, 7) is 0. The van der Waals surface area contributed by atoms with E-state index in [1.165, 1.54) is 12.1 Å². The van der Waals surface area contributed by atoms with Crippen LogP contribution in [-0.4, -0.2) is 10.9 Å². The Hall–Kier alpha value is -3.13. The summed E-state index contributed by atoms with van der Waals surface area (Å²) in [6.07, 6.45) is 1.85. The predicted octanol–water partition coefficient (Wildman–Crippen LogP) is 3.36. The normalized spacial score (nSPS) is 10.4. The van der Waals surface area contributed by atoms with E-state index >= 15 is 0 Å². The lowest BCUT2D eigenvalue weighted by molar-refractivity contribution is -0.115. The molecule has 1 heterocycles. The van der Waals surface area contributed by atoms with Crippen molar-refractivity contribution in [3.63, 3.8) is 0 Å². The third-order valence-electron chi connectivity index (χ3n) is 3.38. The molecule has 3 aromatic rings. The van der Waals surface area contributed by atoms with Gasteiger partial charge >= 0.3 is 0 Å². The first-order chi connectivity index (χ1) is 10.7. The van der Waals surface area contributed by atoms with E-state index in [9.17, 15) is 9.18 Å². The largest absolute Gasteiger partial charge is 0.361 e. The summed E-state index contributed by atoms with van der Waals surface area (Å²) in [6, 6.07) is 13.1. The van der Waals surface area contributed by atoms with Crippen LogP contribution in [0.3, 0.4) is 0 Å². The fraction of sp³-hybridized carbons (Fsp3) is 0.0588. The molecule has 1 aromatic heterocycles. The molecule has 0 saturated carbocycles. The molecule has 4 nitrogen and oxygen atoms in total. The number of carbonyl (C=O) groups excluding carboxylic acids is 1. The van der Waals surface area contributed by atoms with E-state index in [1.54, 1.807) is 36.5 Å². The fourth-order valence-electron chi connectivity index (χ4n) is 2.30. The van der Waals surface area contributed by atoms with Crippen LogP contribution >= 0.6 is 0 Å². The number of aromatic nitrogens is 1. The summed E-state index contributed by atoms with van der Waals surface area (Å²) in [5.41, 5.74) is 2.68. The van der Waals surface area contributed by atoms with Crippen molar-refractivity contribution >= 4 is 22.5 Å². The van der Waals surface area contributed by atoms with E-state index in [-0.39, 0.29) is 18.1 Å². The predicted molar refractivity (Wildman–Crippen MR) is 81.7 cm³/mol. The van der Waals surface area contributed by atoms with Gasteiger partial charge < -0.3 is 10.3 Å². The minimum Gasteiger partial charge on any atom is -0.361 e. The maximum absolute atomic E-state index is 13.3. The van der Waals surface area contributed by atoms with E-state index in [4.69, 9.17) is 5.26 Å². The van der Waals surface area contributed by atoms with Crippen LogP contribution in [-0.2, 0) is 11.2 Å². The highest BCUT2D eigenvalue weighted by molar-refractivity contribution is 5.95. The summed E-state index contributed by atoms with van der Waals surface area (Å²) >= 11 is 0. The Morgan fingerprint density at radius 3 is 2.73 bits per heavy atom. The Labute approximate surface area is 126 Å². The van der Waals surface area contributed by atoms with Crippen LogP contribution in [0.4, 0.5) is 10.1 Å². The van der Waals surface area contributed by atoms with Crippen molar-refractivity contribution in [3.05, 3.63) is 65.6 Å². The van der Waals surface area contributed by atoms with Crippen LogP contribution in [0.25, 0.3) is 10.9 Å². The number of fused-ring (bicyclic) bond motifs is 1. The minimum atomic E-state index is -0.333. The zero-order valence-electron chi connectivity index (χ0n) is 11.6. The Morgan fingerprint density at radius 1 is 1.23 bits per heavy atom. The second-order valence-corrected chi connectivity index (χ2v) is 4.92. The molecular formula is C17H12FN3O. The number of nitrogens with zero attached hydrogens (tertiary/aromatic N) is 1. The summed E-state index contributed by atoms with van der Waals surface area (Å²) in [5, 5.41) is 12.2. The number of anilines is 1. The Bertz CT molecular complexity index is 875. The zero-order chi connectivity index (χ0) is 15.5. The van der Waals surface area contributed by atoms with Gasteiger partial charge in [0.15, 0.2) is 0 Å². The highest BCUT2D eigenvalue weighted by atomic mass is 19.1. The lowest BCUT2D eigenvalue weighted by Crippen LogP contribution is -2.14. The molecule has 0 saturated heterocycles. The molecule has 0 spiro atoms. The number of nitrogens with one attached hydrogen (secondary N) is 2. The molecule has 0 unspecified atom stereocenters. The van der Waals surface area contributed by atoms with Crippen LogP contribution in [0, 0.1) is 17.1 Å². The van der Waals surface area contributed by atoms with Gasteiger partial charge in [-0.3, -0.25) is 4.79 Å². The molecule has 1 amide bonds. The lowest BCUT2D eigenvalue weighted by atomic mass is 10.1. The molecule has 2 aromatic carbocycles. The van der Waals surface area contributed by atoms with Gasteiger partial charge in [0.05, 0.1) is 18.1 Å². The number of hydrogen-bond acceptors (Lipinski definition) is 2. The number of halogens is 1. The summed E-state index contributed by atoms with van der Waals surface area (Å²) in [5.74, 6) is -0.532. The highest BCUT2D eigenvalue weighted by Gasteiger charge is 2.10. The number of amides is 1. The molecule has 0 radical (unpaired) electrons. The smallest absolute Gasteiger partial charge is 0.228 e.